The summed E-state index contributed by atoms with van der Waals surface area (Å²) in [5, 5.41) is 8.81. The summed E-state index contributed by atoms with van der Waals surface area (Å²) in [4.78, 5) is 7.97. The lowest BCUT2D eigenvalue weighted by Crippen LogP contribution is -2.48. The molecule has 1 aliphatic heterocycles. The normalized spacial score (nSPS) is 23.5. The van der Waals surface area contributed by atoms with Crippen molar-refractivity contribution in [3.63, 3.8) is 0 Å². The number of ether oxygens (including phenoxy) is 1. The van der Waals surface area contributed by atoms with Crippen LogP contribution >= 0.6 is 0 Å². The van der Waals surface area contributed by atoms with Gasteiger partial charge in [0.1, 0.15) is 12.2 Å². The summed E-state index contributed by atoms with van der Waals surface area (Å²) in [6.45, 7) is 0.866. The Kier molecular flexibility index (Phi) is 5.31. The highest BCUT2D eigenvalue weighted by molar-refractivity contribution is 7.89. The monoisotopic (exact) mass is 350 g/mol. The molecule has 1 saturated heterocycles. The lowest BCUT2D eigenvalue weighted by molar-refractivity contribution is 0.123. The molecule has 2 heterocycles. The molecule has 1 saturated carbocycles. The molecule has 1 aromatic heterocycles. The van der Waals surface area contributed by atoms with E-state index >= 15 is 0 Å². The molecule has 0 aromatic carbocycles. The van der Waals surface area contributed by atoms with Gasteiger partial charge in [-0.15, -0.1) is 0 Å². The van der Waals surface area contributed by atoms with E-state index in [-0.39, 0.29) is 22.9 Å². The summed E-state index contributed by atoms with van der Waals surface area (Å²) in [7, 11) is -3.27. The molecule has 0 unspecified atom stereocenters. The first-order chi connectivity index (χ1) is 11.6. The third kappa shape index (κ3) is 3.68. The van der Waals surface area contributed by atoms with E-state index < -0.39 is 10.0 Å². The minimum Gasteiger partial charge on any atom is -0.471 e. The number of nitriles is 1. The molecule has 7 nitrogen and oxygen atoms in total. The second-order valence-electron chi connectivity index (χ2n) is 6.37. The molecule has 0 spiro atoms. The van der Waals surface area contributed by atoms with Crippen molar-refractivity contribution in [1.29, 1.82) is 5.26 Å². The van der Waals surface area contributed by atoms with Crippen LogP contribution in [0.2, 0.25) is 0 Å². The van der Waals surface area contributed by atoms with Crippen LogP contribution in [0.15, 0.2) is 12.4 Å². The summed E-state index contributed by atoms with van der Waals surface area (Å²) in [6, 6.07) is 1.95. The zero-order chi connectivity index (χ0) is 17.0. The van der Waals surface area contributed by atoms with Crippen LogP contribution in [0.1, 0.15) is 50.6 Å². The largest absolute Gasteiger partial charge is 0.471 e. The van der Waals surface area contributed by atoms with Gasteiger partial charge in [-0.25, -0.2) is 18.4 Å². The summed E-state index contributed by atoms with van der Waals surface area (Å²) in [5.74, 6) is 0.182. The number of sulfonamides is 1. The second-order valence-corrected chi connectivity index (χ2v) is 8.58. The summed E-state index contributed by atoms with van der Waals surface area (Å²) in [6.07, 6.45) is 8.73. The molecule has 1 aromatic rings. The van der Waals surface area contributed by atoms with Gasteiger partial charge in [0.2, 0.25) is 15.7 Å². The van der Waals surface area contributed by atoms with E-state index in [4.69, 9.17) is 10.00 Å². The van der Waals surface area contributed by atoms with Crippen LogP contribution in [0.4, 0.5) is 0 Å². The molecule has 0 N–H and O–H groups in total. The van der Waals surface area contributed by atoms with Crippen LogP contribution in [0.5, 0.6) is 5.88 Å². The minimum absolute atomic E-state index is 0.129. The Morgan fingerprint density at radius 3 is 2.62 bits per heavy atom. The van der Waals surface area contributed by atoms with Gasteiger partial charge in [-0.2, -0.15) is 9.57 Å². The zero-order valence-electron chi connectivity index (χ0n) is 13.6. The van der Waals surface area contributed by atoms with E-state index in [2.05, 4.69) is 9.97 Å². The van der Waals surface area contributed by atoms with Crippen LogP contribution in [0.3, 0.4) is 0 Å². The van der Waals surface area contributed by atoms with Crippen molar-refractivity contribution in [2.75, 3.05) is 13.1 Å². The van der Waals surface area contributed by atoms with Crippen molar-refractivity contribution < 1.29 is 13.2 Å². The maximum Gasteiger partial charge on any atom is 0.251 e. The van der Waals surface area contributed by atoms with E-state index in [0.717, 1.165) is 44.9 Å². The Bertz CT molecular complexity index is 710. The Morgan fingerprint density at radius 1 is 1.12 bits per heavy atom. The van der Waals surface area contributed by atoms with Crippen LogP contribution in [-0.4, -0.2) is 47.1 Å². The van der Waals surface area contributed by atoms with E-state index in [1.54, 1.807) is 4.31 Å². The smallest absolute Gasteiger partial charge is 0.251 e. The van der Waals surface area contributed by atoms with E-state index in [1.165, 1.54) is 12.4 Å². The van der Waals surface area contributed by atoms with Crippen molar-refractivity contribution in [2.24, 2.45) is 0 Å². The highest BCUT2D eigenvalue weighted by atomic mass is 32.2. The molecule has 2 aliphatic rings. The Morgan fingerprint density at radius 2 is 1.88 bits per heavy atom. The van der Waals surface area contributed by atoms with Crippen molar-refractivity contribution in [3.8, 4) is 11.9 Å². The molecule has 130 valence electrons. The van der Waals surface area contributed by atoms with Gasteiger partial charge in [0.15, 0.2) is 0 Å². The molecule has 2 fully saturated rings. The van der Waals surface area contributed by atoms with E-state index in [1.807, 2.05) is 6.07 Å². The molecular formula is C16H22N4O3S. The molecular weight excluding hydrogens is 328 g/mol. The third-order valence-corrected chi connectivity index (χ3v) is 7.09. The second kappa shape index (κ2) is 7.45. The fourth-order valence-electron chi connectivity index (χ4n) is 3.45. The molecule has 8 heteroatoms. The fraction of sp³-hybridized carbons (Fsp3) is 0.688. The Hall–Kier alpha value is -1.72. The highest BCUT2D eigenvalue weighted by Crippen LogP contribution is 2.28. The third-order valence-electron chi connectivity index (χ3n) is 4.72. The van der Waals surface area contributed by atoms with Crippen LogP contribution in [0, 0.1) is 11.3 Å². The molecule has 0 bridgehead atoms. The average molecular weight is 350 g/mol. The van der Waals surface area contributed by atoms with Gasteiger partial charge in [-0.05, 0) is 25.7 Å². The first kappa shape index (κ1) is 17.1. The van der Waals surface area contributed by atoms with Gasteiger partial charge >= 0.3 is 0 Å². The Labute approximate surface area is 142 Å². The SMILES string of the molecule is N#Cc1nccnc1O[C@H]1CCCN(S(=O)(=O)C2CCCCC2)C1. The Balaban J connectivity index is 1.69. The van der Waals surface area contributed by atoms with Crippen molar-refractivity contribution in [1.82, 2.24) is 14.3 Å². The number of rotatable bonds is 4. The lowest BCUT2D eigenvalue weighted by atomic mass is 10.0. The summed E-state index contributed by atoms with van der Waals surface area (Å²) >= 11 is 0. The predicted octanol–water partition coefficient (Wildman–Crippen LogP) is 1.85. The van der Waals surface area contributed by atoms with E-state index in [0.29, 0.717) is 13.1 Å². The maximum atomic E-state index is 12.9. The molecule has 0 radical (unpaired) electrons. The van der Waals surface area contributed by atoms with Gasteiger partial charge in [0.25, 0.3) is 5.88 Å². The summed E-state index contributed by atoms with van der Waals surface area (Å²) < 4.78 is 33.1. The highest BCUT2D eigenvalue weighted by Gasteiger charge is 2.36. The van der Waals surface area contributed by atoms with Gasteiger partial charge in [-0.3, -0.25) is 0 Å². The number of hydrogen-bond donors (Lipinski definition) is 0. The zero-order valence-corrected chi connectivity index (χ0v) is 14.4. The summed E-state index contributed by atoms with van der Waals surface area (Å²) in [5.41, 5.74) is 0.129. The minimum atomic E-state index is -3.27. The number of nitrogens with zero attached hydrogens (tertiary/aromatic N) is 4. The number of hydrogen-bond acceptors (Lipinski definition) is 6. The van der Waals surface area contributed by atoms with Crippen molar-refractivity contribution in [2.45, 2.75) is 56.3 Å². The average Bonchev–Trinajstić information content (AvgIpc) is 2.63. The van der Waals surface area contributed by atoms with Crippen LogP contribution in [-0.2, 0) is 10.0 Å². The van der Waals surface area contributed by atoms with Crippen molar-refractivity contribution >= 4 is 10.0 Å². The molecule has 3 rings (SSSR count). The quantitative estimate of drug-likeness (QED) is 0.822. The first-order valence-corrected chi connectivity index (χ1v) is 9.98. The molecule has 1 atom stereocenters. The van der Waals surface area contributed by atoms with Gasteiger partial charge in [0, 0.05) is 18.9 Å². The predicted molar refractivity (Wildman–Crippen MR) is 87.8 cm³/mol. The molecule has 0 amide bonds. The van der Waals surface area contributed by atoms with Crippen LogP contribution < -0.4 is 4.74 Å². The standard InChI is InChI=1S/C16H22N4O3S/c17-11-15-16(19-9-8-18-15)23-13-5-4-10-20(12-13)24(21,22)14-6-2-1-3-7-14/h8-9,13-14H,1-7,10,12H2/t13-/m0/s1. The van der Waals surface area contributed by atoms with Gasteiger partial charge < -0.3 is 4.74 Å². The first-order valence-electron chi connectivity index (χ1n) is 8.48. The number of piperidine rings is 1. The molecule has 1 aliphatic carbocycles. The van der Waals surface area contributed by atoms with Crippen molar-refractivity contribution in [3.05, 3.63) is 18.1 Å². The maximum absolute atomic E-state index is 12.9. The van der Waals surface area contributed by atoms with Gasteiger partial charge in [0.05, 0.1) is 11.8 Å². The molecule has 24 heavy (non-hydrogen) atoms. The van der Waals surface area contributed by atoms with Gasteiger partial charge in [-0.1, -0.05) is 19.3 Å². The van der Waals surface area contributed by atoms with Crippen LogP contribution in [0.25, 0.3) is 0 Å². The fourth-order valence-corrected chi connectivity index (χ4v) is 5.56. The lowest BCUT2D eigenvalue weighted by Gasteiger charge is -2.35. The number of aromatic nitrogens is 2. The topological polar surface area (TPSA) is 96.2 Å². The van der Waals surface area contributed by atoms with E-state index in [9.17, 15) is 8.42 Å².